The Morgan fingerprint density at radius 3 is 2.25 bits per heavy atom. The van der Waals surface area contributed by atoms with Crippen molar-refractivity contribution in [2.75, 3.05) is 11.5 Å². The fraction of sp³-hybridized carbons (Fsp3) is 1.00. The van der Waals surface area contributed by atoms with Crippen molar-refractivity contribution in [1.82, 2.24) is 0 Å². The third-order valence-corrected chi connectivity index (χ3v) is 4.60. The highest BCUT2D eigenvalue weighted by molar-refractivity contribution is 7.99. The van der Waals surface area contributed by atoms with E-state index < -0.39 is 0 Å². The maximum Gasteiger partial charge on any atom is 0.0221 e. The standard InChI is InChI=1S/C10H21NS/c1-4-9(2,3)10(11)5-7-12-8-6-10/h4-8,11H2,1-3H3. The Labute approximate surface area is 80.5 Å². The van der Waals surface area contributed by atoms with Gasteiger partial charge in [-0.05, 0) is 36.2 Å². The van der Waals surface area contributed by atoms with Crippen molar-refractivity contribution in [3.8, 4) is 0 Å². The monoisotopic (exact) mass is 187 g/mol. The summed E-state index contributed by atoms with van der Waals surface area (Å²) in [5.74, 6) is 2.50. The molecule has 0 radical (unpaired) electrons. The quantitative estimate of drug-likeness (QED) is 0.719. The predicted molar refractivity (Wildman–Crippen MR) is 57.5 cm³/mol. The van der Waals surface area contributed by atoms with Crippen LogP contribution in [-0.4, -0.2) is 17.0 Å². The smallest absolute Gasteiger partial charge is 0.0221 e. The molecule has 2 heteroatoms. The summed E-state index contributed by atoms with van der Waals surface area (Å²) in [5.41, 5.74) is 6.85. The molecule has 0 amide bonds. The molecule has 0 atom stereocenters. The number of hydrogen-bond acceptors (Lipinski definition) is 2. The molecule has 72 valence electrons. The minimum atomic E-state index is 0.104. The Morgan fingerprint density at radius 1 is 1.33 bits per heavy atom. The summed E-state index contributed by atoms with van der Waals surface area (Å²) >= 11 is 2.04. The van der Waals surface area contributed by atoms with Crippen LogP contribution in [-0.2, 0) is 0 Å². The number of rotatable bonds is 2. The summed E-state index contributed by atoms with van der Waals surface area (Å²) in [5, 5.41) is 0. The molecule has 0 aromatic carbocycles. The van der Waals surface area contributed by atoms with Crippen LogP contribution in [0.15, 0.2) is 0 Å². The van der Waals surface area contributed by atoms with Gasteiger partial charge in [-0.3, -0.25) is 0 Å². The largest absolute Gasteiger partial charge is 0.325 e. The van der Waals surface area contributed by atoms with Gasteiger partial charge in [-0.15, -0.1) is 0 Å². The Kier molecular flexibility index (Phi) is 3.11. The van der Waals surface area contributed by atoms with E-state index in [-0.39, 0.29) is 5.54 Å². The zero-order valence-electron chi connectivity index (χ0n) is 8.52. The first-order chi connectivity index (χ1) is 5.52. The Bertz CT molecular complexity index is 148. The zero-order chi connectivity index (χ0) is 9.24. The molecule has 1 rings (SSSR count). The molecule has 0 aliphatic carbocycles. The van der Waals surface area contributed by atoms with Gasteiger partial charge in [0.2, 0.25) is 0 Å². The van der Waals surface area contributed by atoms with Gasteiger partial charge in [0, 0.05) is 5.54 Å². The van der Waals surface area contributed by atoms with Crippen LogP contribution >= 0.6 is 11.8 Å². The van der Waals surface area contributed by atoms with Gasteiger partial charge in [0.15, 0.2) is 0 Å². The summed E-state index contributed by atoms with van der Waals surface area (Å²) in [7, 11) is 0. The maximum absolute atomic E-state index is 6.43. The molecule has 0 spiro atoms. The van der Waals surface area contributed by atoms with Gasteiger partial charge in [0.05, 0.1) is 0 Å². The van der Waals surface area contributed by atoms with Crippen LogP contribution in [0.2, 0.25) is 0 Å². The van der Waals surface area contributed by atoms with Crippen molar-refractivity contribution in [3.05, 3.63) is 0 Å². The van der Waals surface area contributed by atoms with Crippen LogP contribution < -0.4 is 5.73 Å². The summed E-state index contributed by atoms with van der Waals surface area (Å²) < 4.78 is 0. The van der Waals surface area contributed by atoms with Gasteiger partial charge in [0.25, 0.3) is 0 Å². The third-order valence-electron chi connectivity index (χ3n) is 3.62. The minimum absolute atomic E-state index is 0.104. The lowest BCUT2D eigenvalue weighted by atomic mass is 9.68. The average molecular weight is 187 g/mol. The van der Waals surface area contributed by atoms with Crippen LogP contribution in [0, 0.1) is 5.41 Å². The van der Waals surface area contributed by atoms with E-state index in [1.807, 2.05) is 11.8 Å². The van der Waals surface area contributed by atoms with Crippen LogP contribution in [0.25, 0.3) is 0 Å². The predicted octanol–water partition coefficient (Wildman–Crippen LogP) is 2.65. The van der Waals surface area contributed by atoms with Gasteiger partial charge in [-0.1, -0.05) is 20.8 Å². The third kappa shape index (κ3) is 1.80. The normalized spacial score (nSPS) is 24.0. The zero-order valence-corrected chi connectivity index (χ0v) is 9.34. The molecule has 1 heterocycles. The van der Waals surface area contributed by atoms with E-state index in [0.717, 1.165) is 0 Å². The van der Waals surface area contributed by atoms with Crippen molar-refractivity contribution in [2.45, 2.75) is 45.6 Å². The number of thioether (sulfide) groups is 1. The highest BCUT2D eigenvalue weighted by atomic mass is 32.2. The van der Waals surface area contributed by atoms with Crippen LogP contribution in [0.4, 0.5) is 0 Å². The Morgan fingerprint density at radius 2 is 1.83 bits per heavy atom. The summed E-state index contributed by atoms with van der Waals surface area (Å²) in [4.78, 5) is 0. The molecule has 0 unspecified atom stereocenters. The van der Waals surface area contributed by atoms with Crippen molar-refractivity contribution in [1.29, 1.82) is 0 Å². The Hall–Kier alpha value is 0.310. The second-order valence-corrected chi connectivity index (χ2v) is 5.73. The van der Waals surface area contributed by atoms with E-state index in [9.17, 15) is 0 Å². The van der Waals surface area contributed by atoms with Crippen molar-refractivity contribution >= 4 is 11.8 Å². The molecule has 0 aromatic heterocycles. The molecule has 1 nitrogen and oxygen atoms in total. The first-order valence-corrected chi connectivity index (χ1v) is 6.04. The van der Waals surface area contributed by atoms with Crippen LogP contribution in [0.3, 0.4) is 0 Å². The van der Waals surface area contributed by atoms with E-state index in [2.05, 4.69) is 20.8 Å². The number of nitrogens with two attached hydrogens (primary N) is 1. The van der Waals surface area contributed by atoms with Crippen LogP contribution in [0.5, 0.6) is 0 Å². The van der Waals surface area contributed by atoms with E-state index in [4.69, 9.17) is 5.73 Å². The van der Waals surface area contributed by atoms with Gasteiger partial charge < -0.3 is 5.73 Å². The molecule has 0 saturated carbocycles. The van der Waals surface area contributed by atoms with Gasteiger partial charge >= 0.3 is 0 Å². The molecule has 0 bridgehead atoms. The second kappa shape index (κ2) is 3.59. The summed E-state index contributed by atoms with van der Waals surface area (Å²) in [6.45, 7) is 6.86. The second-order valence-electron chi connectivity index (χ2n) is 4.51. The molecular weight excluding hydrogens is 166 g/mol. The lowest BCUT2D eigenvalue weighted by Gasteiger charge is -2.46. The lowest BCUT2D eigenvalue weighted by molar-refractivity contribution is 0.145. The molecule has 1 aliphatic heterocycles. The van der Waals surface area contributed by atoms with Gasteiger partial charge in [-0.25, -0.2) is 0 Å². The lowest BCUT2D eigenvalue weighted by Crippen LogP contribution is -2.54. The highest BCUT2D eigenvalue weighted by Crippen LogP contribution is 2.41. The fourth-order valence-corrected chi connectivity index (χ4v) is 2.99. The van der Waals surface area contributed by atoms with Crippen LogP contribution in [0.1, 0.15) is 40.0 Å². The van der Waals surface area contributed by atoms with E-state index in [1.165, 1.54) is 30.8 Å². The van der Waals surface area contributed by atoms with E-state index in [0.29, 0.717) is 5.41 Å². The van der Waals surface area contributed by atoms with E-state index in [1.54, 1.807) is 0 Å². The van der Waals surface area contributed by atoms with Crippen molar-refractivity contribution < 1.29 is 0 Å². The molecule has 1 fully saturated rings. The molecule has 1 saturated heterocycles. The summed E-state index contributed by atoms with van der Waals surface area (Å²) in [6, 6.07) is 0. The summed E-state index contributed by atoms with van der Waals surface area (Å²) in [6.07, 6.45) is 3.57. The van der Waals surface area contributed by atoms with Gasteiger partial charge in [-0.2, -0.15) is 11.8 Å². The molecule has 1 aliphatic rings. The average Bonchev–Trinajstić information content (AvgIpc) is 2.06. The minimum Gasteiger partial charge on any atom is -0.325 e. The first-order valence-electron chi connectivity index (χ1n) is 4.88. The van der Waals surface area contributed by atoms with Gasteiger partial charge in [0.1, 0.15) is 0 Å². The first kappa shape index (κ1) is 10.4. The fourth-order valence-electron chi connectivity index (χ4n) is 1.76. The Balaban J connectivity index is 2.68. The maximum atomic E-state index is 6.43. The number of hydrogen-bond donors (Lipinski definition) is 1. The molecular formula is C10H21NS. The van der Waals surface area contributed by atoms with Crippen molar-refractivity contribution in [2.24, 2.45) is 11.1 Å². The van der Waals surface area contributed by atoms with Crippen molar-refractivity contribution in [3.63, 3.8) is 0 Å². The highest BCUT2D eigenvalue weighted by Gasteiger charge is 2.40. The molecule has 0 aromatic rings. The SMILES string of the molecule is CCC(C)(C)C1(N)CCSCC1. The molecule has 2 N–H and O–H groups in total. The topological polar surface area (TPSA) is 26.0 Å². The van der Waals surface area contributed by atoms with E-state index >= 15 is 0 Å². The molecule has 12 heavy (non-hydrogen) atoms.